The highest BCUT2D eigenvalue weighted by atomic mass is 16.6. The van der Waals surface area contributed by atoms with Crippen LogP contribution >= 0.6 is 0 Å². The van der Waals surface area contributed by atoms with Gasteiger partial charge in [-0.1, -0.05) is 18.2 Å². The molecule has 1 aliphatic rings. The molecule has 0 radical (unpaired) electrons. The van der Waals surface area contributed by atoms with E-state index in [1.807, 2.05) is 24.3 Å². The molecule has 0 fully saturated rings. The Bertz CT molecular complexity index is 1010. The summed E-state index contributed by atoms with van der Waals surface area (Å²) in [5.41, 5.74) is 1.60. The first-order chi connectivity index (χ1) is 14.1. The van der Waals surface area contributed by atoms with Crippen LogP contribution in [0.4, 0.5) is 0 Å². The highest BCUT2D eigenvalue weighted by Gasteiger charge is 2.23. The molecule has 2 aromatic carbocycles. The van der Waals surface area contributed by atoms with E-state index in [4.69, 9.17) is 23.7 Å². The van der Waals surface area contributed by atoms with Crippen LogP contribution in [0.1, 0.15) is 11.1 Å². The second kappa shape index (κ2) is 8.97. The van der Waals surface area contributed by atoms with Gasteiger partial charge in [-0.25, -0.2) is 9.79 Å². The van der Waals surface area contributed by atoms with Crippen LogP contribution in [0.15, 0.2) is 53.2 Å². The summed E-state index contributed by atoms with van der Waals surface area (Å²) in [6.45, 7) is 0. The monoisotopic (exact) mass is 395 g/mol. The molecule has 29 heavy (non-hydrogen) atoms. The van der Waals surface area contributed by atoms with Crippen LogP contribution in [0, 0.1) is 0 Å². The fraction of sp³-hybridized carbons (Fsp3) is 0.182. The summed E-state index contributed by atoms with van der Waals surface area (Å²) in [6.07, 6.45) is 4.96. The Morgan fingerprint density at radius 1 is 0.793 bits per heavy atom. The van der Waals surface area contributed by atoms with Gasteiger partial charge < -0.3 is 23.7 Å². The van der Waals surface area contributed by atoms with Crippen LogP contribution in [-0.2, 0) is 9.53 Å². The van der Waals surface area contributed by atoms with Gasteiger partial charge in [0.1, 0.15) is 5.75 Å². The quantitative estimate of drug-likeness (QED) is 0.525. The molecule has 7 nitrogen and oxygen atoms in total. The van der Waals surface area contributed by atoms with E-state index >= 15 is 0 Å². The van der Waals surface area contributed by atoms with Gasteiger partial charge in [0.15, 0.2) is 17.2 Å². The van der Waals surface area contributed by atoms with E-state index in [1.165, 1.54) is 21.3 Å². The van der Waals surface area contributed by atoms with Crippen molar-refractivity contribution in [3.8, 4) is 23.0 Å². The van der Waals surface area contributed by atoms with Gasteiger partial charge in [-0.05, 0) is 30.4 Å². The van der Waals surface area contributed by atoms with Gasteiger partial charge in [0.2, 0.25) is 11.6 Å². The molecule has 0 saturated heterocycles. The van der Waals surface area contributed by atoms with Crippen molar-refractivity contribution in [2.24, 2.45) is 4.99 Å². The third-order valence-corrected chi connectivity index (χ3v) is 4.21. The predicted octanol–water partition coefficient (Wildman–Crippen LogP) is 3.73. The first kappa shape index (κ1) is 20.0. The van der Waals surface area contributed by atoms with Crippen molar-refractivity contribution < 1.29 is 28.5 Å². The number of ether oxygens (including phenoxy) is 5. The van der Waals surface area contributed by atoms with E-state index in [-0.39, 0.29) is 11.6 Å². The molecule has 150 valence electrons. The van der Waals surface area contributed by atoms with E-state index in [0.29, 0.717) is 28.6 Å². The Morgan fingerprint density at radius 3 is 2.21 bits per heavy atom. The van der Waals surface area contributed by atoms with Crippen molar-refractivity contribution >= 4 is 24.0 Å². The minimum Gasteiger partial charge on any atom is -0.496 e. The molecule has 0 aliphatic carbocycles. The van der Waals surface area contributed by atoms with Crippen LogP contribution in [0.2, 0.25) is 0 Å². The molecule has 0 saturated carbocycles. The van der Waals surface area contributed by atoms with Gasteiger partial charge in [-0.3, -0.25) is 0 Å². The Kier molecular flexibility index (Phi) is 6.19. The van der Waals surface area contributed by atoms with Crippen molar-refractivity contribution in [2.75, 3.05) is 28.4 Å². The van der Waals surface area contributed by atoms with Crippen LogP contribution in [-0.4, -0.2) is 40.3 Å². The summed E-state index contributed by atoms with van der Waals surface area (Å²) in [5, 5.41) is 0. The molecule has 0 unspecified atom stereocenters. The number of cyclic esters (lactones) is 1. The van der Waals surface area contributed by atoms with E-state index in [1.54, 1.807) is 37.5 Å². The maximum Gasteiger partial charge on any atom is 0.363 e. The van der Waals surface area contributed by atoms with Crippen LogP contribution in [0.3, 0.4) is 0 Å². The summed E-state index contributed by atoms with van der Waals surface area (Å²) >= 11 is 0. The normalized spacial score (nSPS) is 14.7. The zero-order chi connectivity index (χ0) is 20.8. The van der Waals surface area contributed by atoms with Crippen LogP contribution in [0.5, 0.6) is 23.0 Å². The molecule has 1 aliphatic heterocycles. The Hall–Kier alpha value is -3.74. The summed E-state index contributed by atoms with van der Waals surface area (Å²) in [4.78, 5) is 16.5. The number of methoxy groups -OCH3 is 4. The SMILES string of the molecule is COc1ccccc1C=CC1=NC(=Cc2ccc(OC)c(OC)c2OC)C(=O)O1. The number of carbonyl (C=O) groups is 1. The van der Waals surface area contributed by atoms with Crippen LogP contribution in [0.25, 0.3) is 12.2 Å². The Labute approximate surface area is 168 Å². The Morgan fingerprint density at radius 2 is 1.52 bits per heavy atom. The number of benzene rings is 2. The highest BCUT2D eigenvalue weighted by Crippen LogP contribution is 2.40. The number of aliphatic imine (C=N–C) groups is 1. The molecule has 7 heteroatoms. The molecular formula is C22H21NO6. The lowest BCUT2D eigenvalue weighted by Gasteiger charge is -2.14. The predicted molar refractivity (Wildman–Crippen MR) is 110 cm³/mol. The molecule has 3 rings (SSSR count). The van der Waals surface area contributed by atoms with E-state index in [2.05, 4.69) is 4.99 Å². The third kappa shape index (κ3) is 4.24. The number of hydrogen-bond acceptors (Lipinski definition) is 7. The van der Waals surface area contributed by atoms with E-state index < -0.39 is 5.97 Å². The summed E-state index contributed by atoms with van der Waals surface area (Å²) < 4.78 is 26.6. The maximum absolute atomic E-state index is 12.2. The van der Waals surface area contributed by atoms with Gasteiger partial charge in [-0.2, -0.15) is 0 Å². The molecule has 0 bridgehead atoms. The molecule has 0 amide bonds. The maximum atomic E-state index is 12.2. The lowest BCUT2D eigenvalue weighted by atomic mass is 10.1. The smallest absolute Gasteiger partial charge is 0.363 e. The lowest BCUT2D eigenvalue weighted by Crippen LogP contribution is -2.01. The first-order valence-corrected chi connectivity index (χ1v) is 8.74. The molecule has 0 aromatic heterocycles. The first-order valence-electron chi connectivity index (χ1n) is 8.74. The van der Waals surface area contributed by atoms with Gasteiger partial charge in [0.25, 0.3) is 0 Å². The summed E-state index contributed by atoms with van der Waals surface area (Å²) in [6, 6.07) is 11.0. The van der Waals surface area contributed by atoms with Gasteiger partial charge in [0, 0.05) is 17.2 Å². The zero-order valence-electron chi connectivity index (χ0n) is 16.6. The average molecular weight is 395 g/mol. The van der Waals surface area contributed by atoms with Gasteiger partial charge in [0.05, 0.1) is 28.4 Å². The molecular weight excluding hydrogens is 374 g/mol. The Balaban J connectivity index is 1.92. The van der Waals surface area contributed by atoms with Crippen molar-refractivity contribution in [3.05, 3.63) is 59.3 Å². The largest absolute Gasteiger partial charge is 0.496 e. The highest BCUT2D eigenvalue weighted by molar-refractivity contribution is 6.11. The summed E-state index contributed by atoms with van der Waals surface area (Å²) in [5.74, 6) is 1.72. The minimum absolute atomic E-state index is 0.148. The van der Waals surface area contributed by atoms with E-state index in [9.17, 15) is 4.79 Å². The molecule has 1 heterocycles. The third-order valence-electron chi connectivity index (χ3n) is 4.21. The van der Waals surface area contributed by atoms with Crippen molar-refractivity contribution in [2.45, 2.75) is 0 Å². The van der Waals surface area contributed by atoms with Crippen molar-refractivity contribution in [1.82, 2.24) is 0 Å². The standard InChI is InChI=1S/C22H21NO6/c1-25-17-8-6-5-7-14(17)10-12-19-23-16(22(24)29-19)13-15-9-11-18(26-2)21(28-4)20(15)27-3/h5-13H,1-4H3. The minimum atomic E-state index is -0.554. The number of carbonyl (C=O) groups excluding carboxylic acids is 1. The number of esters is 1. The van der Waals surface area contributed by atoms with Crippen molar-refractivity contribution in [3.63, 3.8) is 0 Å². The van der Waals surface area contributed by atoms with Gasteiger partial charge in [-0.15, -0.1) is 0 Å². The van der Waals surface area contributed by atoms with E-state index in [0.717, 1.165) is 5.56 Å². The number of rotatable bonds is 7. The lowest BCUT2D eigenvalue weighted by molar-refractivity contribution is -0.129. The fourth-order valence-corrected chi connectivity index (χ4v) is 2.85. The van der Waals surface area contributed by atoms with Crippen molar-refractivity contribution in [1.29, 1.82) is 0 Å². The number of nitrogens with zero attached hydrogens (tertiary/aromatic N) is 1. The number of hydrogen-bond donors (Lipinski definition) is 0. The topological polar surface area (TPSA) is 75.6 Å². The summed E-state index contributed by atoms with van der Waals surface area (Å²) in [7, 11) is 6.16. The average Bonchev–Trinajstić information content (AvgIpc) is 3.10. The number of para-hydroxylation sites is 1. The second-order valence-electron chi connectivity index (χ2n) is 5.87. The molecule has 0 N–H and O–H groups in total. The zero-order valence-corrected chi connectivity index (χ0v) is 16.6. The second-order valence-corrected chi connectivity index (χ2v) is 5.87. The van der Waals surface area contributed by atoms with Gasteiger partial charge >= 0.3 is 5.97 Å². The fourth-order valence-electron chi connectivity index (χ4n) is 2.85. The molecule has 0 atom stereocenters. The molecule has 0 spiro atoms. The molecule has 2 aromatic rings. The van der Waals surface area contributed by atoms with Crippen LogP contribution < -0.4 is 18.9 Å².